The molecule has 1 aliphatic rings. The van der Waals surface area contributed by atoms with E-state index >= 15 is 0 Å². The number of hydrogen-bond acceptors (Lipinski definition) is 3. The Morgan fingerprint density at radius 2 is 2.20 bits per heavy atom. The Labute approximate surface area is 98.5 Å². The van der Waals surface area contributed by atoms with E-state index in [1.165, 1.54) is 12.2 Å². The van der Waals surface area contributed by atoms with Crippen molar-refractivity contribution in [3.05, 3.63) is 0 Å². The second kappa shape index (κ2) is 6.12. The lowest BCUT2D eigenvalue weighted by Crippen LogP contribution is -2.35. The molecule has 1 heterocycles. The number of rotatable bonds is 5. The van der Waals surface area contributed by atoms with Crippen LogP contribution in [0.4, 0.5) is 0 Å². The van der Waals surface area contributed by atoms with Crippen LogP contribution in [0.25, 0.3) is 0 Å². The van der Waals surface area contributed by atoms with Crippen LogP contribution in [0.15, 0.2) is 0 Å². The largest absolute Gasteiger partial charge is 0.381 e. The number of nitrogens with one attached hydrogen (secondary N) is 1. The van der Waals surface area contributed by atoms with Crippen LogP contribution in [0.1, 0.15) is 34.1 Å². The van der Waals surface area contributed by atoms with Crippen molar-refractivity contribution in [2.75, 3.05) is 25.5 Å². The molecule has 0 aromatic heterocycles. The van der Waals surface area contributed by atoms with Crippen LogP contribution in [-0.4, -0.2) is 36.3 Å². The zero-order chi connectivity index (χ0) is 11.3. The molecule has 2 unspecified atom stereocenters. The molecule has 2 nitrogen and oxygen atoms in total. The van der Waals surface area contributed by atoms with Crippen molar-refractivity contribution in [1.82, 2.24) is 5.32 Å². The van der Waals surface area contributed by atoms with Crippen LogP contribution in [0.2, 0.25) is 0 Å². The van der Waals surface area contributed by atoms with Gasteiger partial charge in [0.15, 0.2) is 0 Å². The van der Waals surface area contributed by atoms with Gasteiger partial charge in [0.2, 0.25) is 0 Å². The summed E-state index contributed by atoms with van der Waals surface area (Å²) in [5.41, 5.74) is 0. The minimum absolute atomic E-state index is 0.390. The van der Waals surface area contributed by atoms with Gasteiger partial charge < -0.3 is 10.1 Å². The molecule has 0 bridgehead atoms. The molecular formula is C12H25NOS. The van der Waals surface area contributed by atoms with E-state index in [9.17, 15) is 0 Å². The fourth-order valence-corrected chi connectivity index (χ4v) is 2.59. The quantitative estimate of drug-likeness (QED) is 0.735. The minimum Gasteiger partial charge on any atom is -0.381 e. The lowest BCUT2D eigenvalue weighted by Gasteiger charge is -2.21. The molecule has 3 heteroatoms. The van der Waals surface area contributed by atoms with Crippen LogP contribution < -0.4 is 5.32 Å². The molecule has 0 saturated carbocycles. The maximum Gasteiger partial charge on any atom is 0.0509 e. The predicted octanol–water partition coefficient (Wildman–Crippen LogP) is 2.53. The summed E-state index contributed by atoms with van der Waals surface area (Å²) >= 11 is 2.02. The van der Waals surface area contributed by atoms with Gasteiger partial charge in [-0.25, -0.2) is 0 Å². The first-order valence-electron chi connectivity index (χ1n) is 5.94. The molecule has 1 fully saturated rings. The highest BCUT2D eigenvalue weighted by Crippen LogP contribution is 2.22. The lowest BCUT2D eigenvalue weighted by atomic mass is 10.0. The van der Waals surface area contributed by atoms with Crippen molar-refractivity contribution >= 4 is 11.8 Å². The van der Waals surface area contributed by atoms with Crippen molar-refractivity contribution in [3.8, 4) is 0 Å². The molecule has 1 rings (SSSR count). The highest BCUT2D eigenvalue weighted by atomic mass is 32.2. The number of thioether (sulfide) groups is 1. The fourth-order valence-electron chi connectivity index (χ4n) is 1.76. The zero-order valence-corrected chi connectivity index (χ0v) is 11.3. The Balaban J connectivity index is 2.04. The van der Waals surface area contributed by atoms with E-state index in [2.05, 4.69) is 33.0 Å². The number of hydrogen-bond donors (Lipinski definition) is 1. The summed E-state index contributed by atoms with van der Waals surface area (Å²) in [4.78, 5) is 0. The number of ether oxygens (including phenoxy) is 1. The van der Waals surface area contributed by atoms with Gasteiger partial charge in [0.25, 0.3) is 0 Å². The van der Waals surface area contributed by atoms with Gasteiger partial charge in [-0.2, -0.15) is 11.8 Å². The van der Waals surface area contributed by atoms with E-state index in [0.717, 1.165) is 25.7 Å². The van der Waals surface area contributed by atoms with E-state index in [1.807, 2.05) is 11.8 Å². The molecule has 0 radical (unpaired) electrons. The summed E-state index contributed by atoms with van der Waals surface area (Å²) in [7, 11) is 0. The van der Waals surface area contributed by atoms with Crippen LogP contribution in [-0.2, 0) is 4.74 Å². The maximum absolute atomic E-state index is 5.39. The minimum atomic E-state index is 0.390. The molecule has 0 amide bonds. The van der Waals surface area contributed by atoms with Crippen molar-refractivity contribution < 1.29 is 4.74 Å². The Morgan fingerprint density at radius 3 is 2.73 bits per heavy atom. The van der Waals surface area contributed by atoms with Gasteiger partial charge in [-0.05, 0) is 19.3 Å². The molecule has 1 aliphatic heterocycles. The first-order valence-corrected chi connectivity index (χ1v) is 6.93. The summed E-state index contributed by atoms with van der Waals surface area (Å²) in [6.45, 7) is 12.1. The van der Waals surface area contributed by atoms with Crippen LogP contribution in [0.5, 0.6) is 0 Å². The summed E-state index contributed by atoms with van der Waals surface area (Å²) in [5, 5.41) is 3.60. The van der Waals surface area contributed by atoms with Gasteiger partial charge >= 0.3 is 0 Å². The van der Waals surface area contributed by atoms with Gasteiger partial charge in [0.05, 0.1) is 6.61 Å². The standard InChI is InChI=1S/C12H25NOS/c1-10(11-5-7-14-9-11)13-6-8-15-12(2,3)4/h10-11,13H,5-9H2,1-4H3. The molecular weight excluding hydrogens is 206 g/mol. The van der Waals surface area contributed by atoms with E-state index in [-0.39, 0.29) is 0 Å². The SMILES string of the molecule is CC(NCCSC(C)(C)C)C1CCOC1. The third-order valence-electron chi connectivity index (χ3n) is 2.78. The smallest absolute Gasteiger partial charge is 0.0509 e. The van der Waals surface area contributed by atoms with E-state index in [4.69, 9.17) is 4.74 Å². The highest BCUT2D eigenvalue weighted by Gasteiger charge is 2.21. The average molecular weight is 231 g/mol. The second-order valence-corrected chi connectivity index (χ2v) is 7.25. The summed E-state index contributed by atoms with van der Waals surface area (Å²) in [6.07, 6.45) is 1.22. The summed E-state index contributed by atoms with van der Waals surface area (Å²) in [6, 6.07) is 0.605. The molecule has 0 aromatic carbocycles. The molecule has 0 aliphatic carbocycles. The molecule has 1 N–H and O–H groups in total. The van der Waals surface area contributed by atoms with E-state index in [1.54, 1.807) is 0 Å². The van der Waals surface area contributed by atoms with Crippen LogP contribution in [0, 0.1) is 5.92 Å². The van der Waals surface area contributed by atoms with E-state index in [0.29, 0.717) is 10.8 Å². The lowest BCUT2D eigenvalue weighted by molar-refractivity contribution is 0.178. The predicted molar refractivity (Wildman–Crippen MR) is 68.6 cm³/mol. The molecule has 90 valence electrons. The van der Waals surface area contributed by atoms with Crippen molar-refractivity contribution in [3.63, 3.8) is 0 Å². The monoisotopic (exact) mass is 231 g/mol. The van der Waals surface area contributed by atoms with Crippen molar-refractivity contribution in [2.45, 2.75) is 44.9 Å². The second-order valence-electron chi connectivity index (χ2n) is 5.33. The maximum atomic E-state index is 5.39. The van der Waals surface area contributed by atoms with Gasteiger partial charge in [-0.1, -0.05) is 20.8 Å². The van der Waals surface area contributed by atoms with Crippen molar-refractivity contribution in [2.24, 2.45) is 5.92 Å². The third kappa shape index (κ3) is 5.79. The molecule has 0 aromatic rings. The third-order valence-corrected chi connectivity index (χ3v) is 4.05. The molecule has 1 saturated heterocycles. The summed E-state index contributed by atoms with van der Waals surface area (Å²) < 4.78 is 5.78. The Kier molecular flexibility index (Phi) is 5.44. The Bertz CT molecular complexity index is 173. The van der Waals surface area contributed by atoms with Crippen LogP contribution in [0.3, 0.4) is 0 Å². The molecule has 2 atom stereocenters. The van der Waals surface area contributed by atoms with Crippen molar-refractivity contribution in [1.29, 1.82) is 0 Å². The first kappa shape index (κ1) is 13.3. The average Bonchev–Trinajstić information content (AvgIpc) is 2.63. The first-order chi connectivity index (χ1) is 6.99. The van der Waals surface area contributed by atoms with Gasteiger partial charge in [0.1, 0.15) is 0 Å². The normalized spacial score (nSPS) is 24.4. The molecule has 15 heavy (non-hydrogen) atoms. The van der Waals surface area contributed by atoms with Gasteiger partial charge in [0, 0.05) is 29.7 Å². The zero-order valence-electron chi connectivity index (χ0n) is 10.5. The Hall–Kier alpha value is 0.270. The van der Waals surface area contributed by atoms with Gasteiger partial charge in [-0.15, -0.1) is 0 Å². The van der Waals surface area contributed by atoms with E-state index < -0.39 is 0 Å². The highest BCUT2D eigenvalue weighted by molar-refractivity contribution is 8.00. The fraction of sp³-hybridized carbons (Fsp3) is 1.00. The Morgan fingerprint density at radius 1 is 1.47 bits per heavy atom. The van der Waals surface area contributed by atoms with Gasteiger partial charge in [-0.3, -0.25) is 0 Å². The molecule has 0 spiro atoms. The summed E-state index contributed by atoms with van der Waals surface area (Å²) in [5.74, 6) is 1.92. The topological polar surface area (TPSA) is 21.3 Å². The van der Waals surface area contributed by atoms with Crippen LogP contribution >= 0.6 is 11.8 Å².